The van der Waals surface area contributed by atoms with Crippen molar-refractivity contribution < 1.29 is 9.53 Å². The molecule has 3 rings (SSSR count). The number of hydrogen-bond donors (Lipinski definition) is 0. The van der Waals surface area contributed by atoms with Gasteiger partial charge in [-0.05, 0) is 31.2 Å². The number of fused-ring (bicyclic) bond motifs is 1. The van der Waals surface area contributed by atoms with Gasteiger partial charge in [0.15, 0.2) is 0 Å². The molecular formula is C20H17N3O2. The van der Waals surface area contributed by atoms with E-state index in [4.69, 9.17) is 4.74 Å². The molecule has 0 aliphatic carbocycles. The second kappa shape index (κ2) is 7.45. The van der Waals surface area contributed by atoms with Crippen molar-refractivity contribution in [1.29, 1.82) is 5.26 Å². The highest BCUT2D eigenvalue weighted by Crippen LogP contribution is 2.24. The van der Waals surface area contributed by atoms with Gasteiger partial charge in [0.05, 0.1) is 18.8 Å². The molecule has 124 valence electrons. The van der Waals surface area contributed by atoms with Gasteiger partial charge in [0, 0.05) is 28.9 Å². The quantitative estimate of drug-likeness (QED) is 0.407. The van der Waals surface area contributed by atoms with Crippen molar-refractivity contribution in [2.24, 2.45) is 0 Å². The largest absolute Gasteiger partial charge is 0.462 e. The van der Waals surface area contributed by atoms with Crippen LogP contribution < -0.4 is 0 Å². The number of ether oxygens (including phenoxy) is 1. The zero-order valence-corrected chi connectivity index (χ0v) is 13.8. The Morgan fingerprint density at radius 3 is 2.80 bits per heavy atom. The lowest BCUT2D eigenvalue weighted by atomic mass is 10.1. The molecule has 0 aliphatic heterocycles. The van der Waals surface area contributed by atoms with Crippen LogP contribution in [-0.2, 0) is 16.1 Å². The lowest BCUT2D eigenvalue weighted by Crippen LogP contribution is -2.05. The molecular weight excluding hydrogens is 314 g/mol. The van der Waals surface area contributed by atoms with Crippen molar-refractivity contribution in [3.63, 3.8) is 0 Å². The van der Waals surface area contributed by atoms with Gasteiger partial charge < -0.3 is 9.30 Å². The van der Waals surface area contributed by atoms with Gasteiger partial charge in [-0.25, -0.2) is 4.79 Å². The minimum Gasteiger partial charge on any atom is -0.462 e. The predicted octanol–water partition coefficient (Wildman–Crippen LogP) is 3.55. The number of carbonyl (C=O) groups excluding carboxylic acids is 1. The molecule has 0 N–H and O–H groups in total. The number of para-hydroxylation sites is 1. The standard InChI is InChI=1S/C20H17N3O2/c1-2-25-20(24)15(12-21)11-16-13-23(14-17-7-5-6-10-22-17)19-9-4-3-8-18(16)19/h3-11,13H,2,14H2,1H3/b15-11+. The summed E-state index contributed by atoms with van der Waals surface area (Å²) >= 11 is 0. The summed E-state index contributed by atoms with van der Waals surface area (Å²) in [5.74, 6) is -0.605. The van der Waals surface area contributed by atoms with Gasteiger partial charge in [-0.3, -0.25) is 4.98 Å². The van der Waals surface area contributed by atoms with Gasteiger partial charge in [-0.15, -0.1) is 0 Å². The van der Waals surface area contributed by atoms with Crippen LogP contribution in [0.3, 0.4) is 0 Å². The number of nitriles is 1. The summed E-state index contributed by atoms with van der Waals surface area (Å²) in [5, 5.41) is 10.2. The Hall–Kier alpha value is -3.39. The number of hydrogen-bond acceptors (Lipinski definition) is 4. The van der Waals surface area contributed by atoms with Gasteiger partial charge in [0.2, 0.25) is 0 Å². The van der Waals surface area contributed by atoms with E-state index in [1.807, 2.05) is 54.7 Å². The van der Waals surface area contributed by atoms with E-state index in [9.17, 15) is 10.1 Å². The minimum absolute atomic E-state index is 0.0115. The lowest BCUT2D eigenvalue weighted by molar-refractivity contribution is -0.137. The topological polar surface area (TPSA) is 67.9 Å². The number of carbonyl (C=O) groups is 1. The van der Waals surface area contributed by atoms with Crippen LogP contribution in [0.1, 0.15) is 18.2 Å². The van der Waals surface area contributed by atoms with Gasteiger partial charge in [0.25, 0.3) is 0 Å². The maximum Gasteiger partial charge on any atom is 0.348 e. The Labute approximate surface area is 145 Å². The van der Waals surface area contributed by atoms with Crippen molar-refractivity contribution in [2.45, 2.75) is 13.5 Å². The molecule has 0 unspecified atom stereocenters. The van der Waals surface area contributed by atoms with E-state index >= 15 is 0 Å². The van der Waals surface area contributed by atoms with Gasteiger partial charge in [-0.2, -0.15) is 5.26 Å². The molecule has 25 heavy (non-hydrogen) atoms. The number of nitrogens with zero attached hydrogens (tertiary/aromatic N) is 3. The van der Waals surface area contributed by atoms with Crippen LogP contribution in [0, 0.1) is 11.3 Å². The van der Waals surface area contributed by atoms with E-state index in [1.54, 1.807) is 19.2 Å². The zero-order chi connectivity index (χ0) is 17.6. The number of aromatic nitrogens is 2. The first-order valence-corrected chi connectivity index (χ1v) is 7.99. The Balaban J connectivity index is 2.05. The molecule has 0 saturated carbocycles. The Bertz CT molecular complexity index is 966. The molecule has 0 saturated heterocycles. The molecule has 3 aromatic rings. The van der Waals surface area contributed by atoms with Crippen LogP contribution in [0.2, 0.25) is 0 Å². The molecule has 5 heteroatoms. The van der Waals surface area contributed by atoms with Crippen LogP contribution in [0.5, 0.6) is 0 Å². The molecule has 0 aliphatic rings. The van der Waals surface area contributed by atoms with E-state index in [0.717, 1.165) is 22.2 Å². The summed E-state index contributed by atoms with van der Waals surface area (Å²) in [6, 6.07) is 15.6. The average molecular weight is 331 g/mol. The number of esters is 1. The summed E-state index contributed by atoms with van der Waals surface area (Å²) in [5.41, 5.74) is 2.74. The van der Waals surface area contributed by atoms with Crippen LogP contribution in [0.15, 0.2) is 60.4 Å². The van der Waals surface area contributed by atoms with Crippen LogP contribution in [0.4, 0.5) is 0 Å². The maximum absolute atomic E-state index is 11.9. The van der Waals surface area contributed by atoms with Crippen molar-refractivity contribution in [3.8, 4) is 6.07 Å². The predicted molar refractivity (Wildman–Crippen MR) is 95.5 cm³/mol. The van der Waals surface area contributed by atoms with Gasteiger partial charge in [0.1, 0.15) is 11.6 Å². The third kappa shape index (κ3) is 3.59. The normalized spacial score (nSPS) is 11.3. The van der Waals surface area contributed by atoms with Crippen molar-refractivity contribution in [2.75, 3.05) is 6.61 Å². The van der Waals surface area contributed by atoms with Gasteiger partial charge in [-0.1, -0.05) is 24.3 Å². The first-order valence-electron chi connectivity index (χ1n) is 7.99. The van der Waals surface area contributed by atoms with Crippen molar-refractivity contribution >= 4 is 22.9 Å². The third-order valence-corrected chi connectivity index (χ3v) is 3.79. The fourth-order valence-electron chi connectivity index (χ4n) is 2.69. The summed E-state index contributed by atoms with van der Waals surface area (Å²) in [7, 11) is 0. The number of pyridine rings is 1. The van der Waals surface area contributed by atoms with Crippen LogP contribution in [0.25, 0.3) is 17.0 Å². The summed E-state index contributed by atoms with van der Waals surface area (Å²) in [6.07, 6.45) is 5.27. The highest BCUT2D eigenvalue weighted by molar-refractivity contribution is 6.01. The first-order chi connectivity index (χ1) is 12.2. The molecule has 0 bridgehead atoms. The van der Waals surface area contributed by atoms with Crippen molar-refractivity contribution in [1.82, 2.24) is 9.55 Å². The second-order valence-corrected chi connectivity index (χ2v) is 5.44. The highest BCUT2D eigenvalue weighted by atomic mass is 16.5. The third-order valence-electron chi connectivity index (χ3n) is 3.79. The molecule has 2 heterocycles. The minimum atomic E-state index is -0.605. The van der Waals surface area contributed by atoms with Crippen LogP contribution in [-0.4, -0.2) is 22.1 Å². The summed E-state index contributed by atoms with van der Waals surface area (Å²) < 4.78 is 6.99. The number of benzene rings is 1. The van der Waals surface area contributed by atoms with E-state index in [-0.39, 0.29) is 12.2 Å². The Kier molecular flexibility index (Phi) is 4.91. The fraction of sp³-hybridized carbons (Fsp3) is 0.150. The van der Waals surface area contributed by atoms with Crippen LogP contribution >= 0.6 is 0 Å². The molecule has 1 aromatic carbocycles. The monoisotopic (exact) mass is 331 g/mol. The molecule has 2 aromatic heterocycles. The lowest BCUT2D eigenvalue weighted by Gasteiger charge is -2.04. The van der Waals surface area contributed by atoms with Gasteiger partial charge >= 0.3 is 5.97 Å². The zero-order valence-electron chi connectivity index (χ0n) is 13.8. The molecule has 0 atom stereocenters. The van der Waals surface area contributed by atoms with E-state index in [2.05, 4.69) is 9.55 Å². The Morgan fingerprint density at radius 2 is 2.08 bits per heavy atom. The molecule has 0 spiro atoms. The van der Waals surface area contributed by atoms with E-state index in [1.165, 1.54) is 0 Å². The first kappa shape index (κ1) is 16.5. The highest BCUT2D eigenvalue weighted by Gasteiger charge is 2.13. The molecule has 0 fully saturated rings. The second-order valence-electron chi connectivity index (χ2n) is 5.44. The fourth-order valence-corrected chi connectivity index (χ4v) is 2.69. The van der Waals surface area contributed by atoms with Crippen molar-refractivity contribution in [3.05, 3.63) is 71.7 Å². The average Bonchev–Trinajstić information content (AvgIpc) is 2.98. The smallest absolute Gasteiger partial charge is 0.348 e. The Morgan fingerprint density at radius 1 is 1.28 bits per heavy atom. The maximum atomic E-state index is 11.9. The molecule has 0 radical (unpaired) electrons. The van der Waals surface area contributed by atoms with E-state index in [0.29, 0.717) is 6.54 Å². The summed E-state index contributed by atoms with van der Waals surface area (Å²) in [6.45, 7) is 2.56. The molecule has 0 amide bonds. The van der Waals surface area contributed by atoms with E-state index < -0.39 is 5.97 Å². The number of rotatable bonds is 5. The summed E-state index contributed by atoms with van der Waals surface area (Å²) in [4.78, 5) is 16.2. The SMILES string of the molecule is CCOC(=O)/C(C#N)=C/c1cn(Cc2ccccn2)c2ccccc12. The molecule has 5 nitrogen and oxygen atoms in total.